The van der Waals surface area contributed by atoms with Gasteiger partial charge in [-0.05, 0) is 6.42 Å². The molecule has 0 saturated heterocycles. The van der Waals surface area contributed by atoms with E-state index in [1.54, 1.807) is 0 Å². The number of hydrogen-bond acceptors (Lipinski definition) is 6. The molecular weight excluding hydrogens is 380 g/mol. The van der Waals surface area contributed by atoms with Crippen LogP contribution < -0.4 is 69.5 Å². The first-order valence-electron chi connectivity index (χ1n) is 8.71. The number of rotatable bonds is 15. The Labute approximate surface area is 201 Å². The number of carbonyl (C=O) groups excluding carboxylic acids is 2. The fourth-order valence-corrected chi connectivity index (χ4v) is 2.98. The van der Waals surface area contributed by atoms with Gasteiger partial charge in [0.25, 0.3) is 0 Å². The van der Waals surface area contributed by atoms with Crippen LogP contribution in [-0.2, 0) is 19.7 Å². The monoisotopic (exact) mass is 409 g/mol. The molecule has 10 heteroatoms. The third-order valence-corrected chi connectivity index (χ3v) is 4.89. The van der Waals surface area contributed by atoms with E-state index in [4.69, 9.17) is 0 Å². The summed E-state index contributed by atoms with van der Waals surface area (Å²) in [6.07, 6.45) is 10.6. The quantitative estimate of drug-likeness (QED) is 0.164. The molecule has 0 fully saturated rings. The first-order chi connectivity index (χ1) is 11.3. The second kappa shape index (κ2) is 19.2. The van der Waals surface area contributed by atoms with Crippen LogP contribution in [0.1, 0.15) is 77.6 Å². The SMILES string of the molecule is CCCCCCCCCCCCNC(=O)CC(C(=O)[O-])S(=O)(=O)[O-].[Na+].[Na+]. The fourth-order valence-electron chi connectivity index (χ4n) is 2.38. The summed E-state index contributed by atoms with van der Waals surface area (Å²) in [6.45, 7) is 2.53. The van der Waals surface area contributed by atoms with Gasteiger partial charge in [-0.1, -0.05) is 64.7 Å². The summed E-state index contributed by atoms with van der Waals surface area (Å²) in [5.41, 5.74) is 0. The van der Waals surface area contributed by atoms with E-state index in [1.165, 1.54) is 38.5 Å². The second-order valence-electron chi connectivity index (χ2n) is 6.04. The van der Waals surface area contributed by atoms with Crippen molar-refractivity contribution in [3.63, 3.8) is 0 Å². The standard InChI is InChI=1S/C16H31NO6S.2Na/c1-2-3-4-5-6-7-8-9-10-11-12-17-15(18)13-14(16(19)20)24(21,22)23;;/h14H,2-13H2,1H3,(H,17,18)(H,19,20)(H,21,22,23);;/q;2*+1/p-2. The van der Waals surface area contributed by atoms with Crippen LogP contribution in [0.5, 0.6) is 0 Å². The molecule has 0 bridgehead atoms. The van der Waals surface area contributed by atoms with Gasteiger partial charge in [-0.2, -0.15) is 0 Å². The van der Waals surface area contributed by atoms with E-state index < -0.39 is 33.7 Å². The molecule has 0 aliphatic heterocycles. The van der Waals surface area contributed by atoms with Crippen molar-refractivity contribution in [3.8, 4) is 0 Å². The summed E-state index contributed by atoms with van der Waals surface area (Å²) in [4.78, 5) is 22.0. The number of carbonyl (C=O) groups is 2. The Hall–Kier alpha value is 0.850. The van der Waals surface area contributed by atoms with Crippen LogP contribution >= 0.6 is 0 Å². The molecule has 0 rings (SSSR count). The maximum atomic E-state index is 11.5. The Morgan fingerprint density at radius 1 is 0.885 bits per heavy atom. The van der Waals surface area contributed by atoms with Gasteiger partial charge in [-0.3, -0.25) is 4.79 Å². The van der Waals surface area contributed by atoms with Crippen molar-refractivity contribution < 1.29 is 86.8 Å². The molecule has 0 aromatic carbocycles. The third kappa shape index (κ3) is 18.2. The first-order valence-corrected chi connectivity index (χ1v) is 10.2. The second-order valence-corrected chi connectivity index (χ2v) is 7.59. The zero-order valence-corrected chi connectivity index (χ0v) is 21.2. The minimum absolute atomic E-state index is 0. The normalized spacial score (nSPS) is 11.8. The Morgan fingerprint density at radius 3 is 1.69 bits per heavy atom. The number of nitrogens with one attached hydrogen (secondary N) is 1. The molecule has 0 saturated carbocycles. The van der Waals surface area contributed by atoms with Crippen LogP contribution in [0.3, 0.4) is 0 Å². The van der Waals surface area contributed by atoms with Crippen molar-refractivity contribution in [3.05, 3.63) is 0 Å². The number of hydrogen-bond donors (Lipinski definition) is 1. The first kappa shape index (κ1) is 31.5. The van der Waals surface area contributed by atoms with E-state index in [2.05, 4.69) is 12.2 Å². The molecule has 1 amide bonds. The Balaban J connectivity index is -0.00000264. The molecule has 1 N–H and O–H groups in total. The van der Waals surface area contributed by atoms with E-state index in [-0.39, 0.29) is 59.1 Å². The van der Waals surface area contributed by atoms with E-state index in [9.17, 15) is 27.7 Å². The van der Waals surface area contributed by atoms with E-state index in [0.717, 1.165) is 25.7 Å². The molecule has 0 aromatic rings. The van der Waals surface area contributed by atoms with Crippen molar-refractivity contribution >= 4 is 22.0 Å². The molecule has 0 aliphatic carbocycles. The molecular formula is C16H29NNa2O6S. The van der Waals surface area contributed by atoms with Gasteiger partial charge in [0, 0.05) is 13.0 Å². The van der Waals surface area contributed by atoms with Crippen molar-refractivity contribution in [1.29, 1.82) is 0 Å². The van der Waals surface area contributed by atoms with Crippen LogP contribution in [0.4, 0.5) is 0 Å². The molecule has 26 heavy (non-hydrogen) atoms. The molecule has 142 valence electrons. The van der Waals surface area contributed by atoms with E-state index in [0.29, 0.717) is 6.54 Å². The van der Waals surface area contributed by atoms with Crippen LogP contribution in [0.15, 0.2) is 0 Å². The number of aliphatic carboxylic acids is 1. The molecule has 0 aromatic heterocycles. The molecule has 7 nitrogen and oxygen atoms in total. The van der Waals surface area contributed by atoms with Crippen LogP contribution in [0.25, 0.3) is 0 Å². The predicted octanol–water partition coefficient (Wildman–Crippen LogP) is -4.91. The molecule has 0 radical (unpaired) electrons. The summed E-state index contributed by atoms with van der Waals surface area (Å²) in [5.74, 6) is -2.81. The fraction of sp³-hybridized carbons (Fsp3) is 0.875. The number of carboxylic acids is 1. The van der Waals surface area contributed by atoms with Gasteiger partial charge in [-0.25, -0.2) is 8.42 Å². The number of carboxylic acid groups (broad SMARTS) is 1. The smallest absolute Gasteiger partial charge is 0.747 e. The number of unbranched alkanes of at least 4 members (excludes halogenated alkanes) is 9. The van der Waals surface area contributed by atoms with Crippen molar-refractivity contribution in [1.82, 2.24) is 5.32 Å². The summed E-state index contributed by atoms with van der Waals surface area (Å²) >= 11 is 0. The average molecular weight is 409 g/mol. The van der Waals surface area contributed by atoms with Crippen molar-refractivity contribution in [2.45, 2.75) is 82.8 Å². The van der Waals surface area contributed by atoms with Crippen LogP contribution in [0, 0.1) is 0 Å². The van der Waals surface area contributed by atoms with Crippen molar-refractivity contribution in [2.24, 2.45) is 0 Å². The zero-order chi connectivity index (χ0) is 18.4. The molecule has 1 unspecified atom stereocenters. The maximum Gasteiger partial charge on any atom is 1.00 e. The van der Waals surface area contributed by atoms with Gasteiger partial charge in [0.2, 0.25) is 5.91 Å². The average Bonchev–Trinajstić information content (AvgIpc) is 2.48. The maximum absolute atomic E-state index is 11.5. The molecule has 0 spiro atoms. The Morgan fingerprint density at radius 2 is 1.31 bits per heavy atom. The number of amides is 1. The summed E-state index contributed by atoms with van der Waals surface area (Å²) in [6, 6.07) is 0. The van der Waals surface area contributed by atoms with Gasteiger partial charge in [0.1, 0.15) is 10.1 Å². The molecule has 1 atom stereocenters. The van der Waals surface area contributed by atoms with E-state index >= 15 is 0 Å². The van der Waals surface area contributed by atoms with Crippen LogP contribution in [-0.4, -0.2) is 36.6 Å². The molecule has 0 aliphatic rings. The van der Waals surface area contributed by atoms with Gasteiger partial charge >= 0.3 is 59.1 Å². The zero-order valence-electron chi connectivity index (χ0n) is 16.4. The molecule has 0 heterocycles. The minimum Gasteiger partial charge on any atom is -0.747 e. The van der Waals surface area contributed by atoms with Gasteiger partial charge in [0.05, 0.1) is 11.2 Å². The van der Waals surface area contributed by atoms with Gasteiger partial charge < -0.3 is 19.8 Å². The summed E-state index contributed by atoms with van der Waals surface area (Å²) < 4.78 is 32.1. The summed E-state index contributed by atoms with van der Waals surface area (Å²) in [5, 5.41) is 10.7. The largest absolute Gasteiger partial charge is 1.00 e. The third-order valence-electron chi connectivity index (χ3n) is 3.83. The van der Waals surface area contributed by atoms with E-state index in [1.807, 2.05) is 0 Å². The van der Waals surface area contributed by atoms with Crippen LogP contribution in [0.2, 0.25) is 0 Å². The summed E-state index contributed by atoms with van der Waals surface area (Å²) in [7, 11) is -5.09. The van der Waals surface area contributed by atoms with Gasteiger partial charge in [0.15, 0.2) is 0 Å². The van der Waals surface area contributed by atoms with Gasteiger partial charge in [-0.15, -0.1) is 0 Å². The minimum atomic E-state index is -5.09. The Kier molecular flexibility index (Phi) is 23.3. The predicted molar refractivity (Wildman–Crippen MR) is 88.0 cm³/mol. The topological polar surface area (TPSA) is 126 Å². The Bertz CT molecular complexity index is 473. The van der Waals surface area contributed by atoms with Crippen molar-refractivity contribution in [2.75, 3.05) is 6.54 Å².